The van der Waals surface area contributed by atoms with E-state index in [0.717, 1.165) is 25.0 Å². The molecule has 37 heavy (non-hydrogen) atoms. The molecule has 198 valence electrons. The molecule has 2 aromatic rings. The van der Waals surface area contributed by atoms with Crippen molar-refractivity contribution >= 4 is 33.3 Å². The molecule has 2 heterocycles. The third-order valence-corrected chi connectivity index (χ3v) is 9.96. The maximum Gasteiger partial charge on any atom is 0.254 e. The summed E-state index contributed by atoms with van der Waals surface area (Å²) >= 11 is 5.71. The van der Waals surface area contributed by atoms with Gasteiger partial charge in [0.1, 0.15) is 17.7 Å². The zero-order chi connectivity index (χ0) is 26.5. The molecular formula is C26H28ClF2N3O4S. The lowest BCUT2D eigenvalue weighted by Crippen LogP contribution is -2.49. The van der Waals surface area contributed by atoms with Gasteiger partial charge in [0.2, 0.25) is 5.91 Å². The molecule has 7 nitrogen and oxygen atoms in total. The van der Waals surface area contributed by atoms with Crippen LogP contribution in [0.4, 0.5) is 8.78 Å². The van der Waals surface area contributed by atoms with E-state index in [1.165, 1.54) is 23.2 Å². The first-order valence-electron chi connectivity index (χ1n) is 12.6. The molecule has 3 atom stereocenters. The van der Waals surface area contributed by atoms with Gasteiger partial charge in [-0.3, -0.25) is 9.59 Å². The number of amides is 2. The van der Waals surface area contributed by atoms with Gasteiger partial charge in [-0.1, -0.05) is 18.5 Å². The SMILES string of the molecule is CC[C@@H]1CC[C@H](C(=O)NC(c2cc(F)c(Cl)cc2F)C2CC2)N1C(=O)c1ccnc(S(=O)(=O)C2CC2)c1. The van der Waals surface area contributed by atoms with Crippen LogP contribution >= 0.6 is 11.6 Å². The fourth-order valence-corrected chi connectivity index (χ4v) is 6.90. The summed E-state index contributed by atoms with van der Waals surface area (Å²) in [5, 5.41) is 1.94. The Balaban J connectivity index is 1.40. The Kier molecular flexibility index (Phi) is 7.00. The molecule has 1 saturated heterocycles. The average molecular weight is 552 g/mol. The summed E-state index contributed by atoms with van der Waals surface area (Å²) in [6, 6.07) is 2.88. The second kappa shape index (κ2) is 9.94. The van der Waals surface area contributed by atoms with Crippen molar-refractivity contribution in [3.8, 4) is 0 Å². The third kappa shape index (κ3) is 5.10. The topological polar surface area (TPSA) is 96.4 Å². The number of hydrogen-bond donors (Lipinski definition) is 1. The maximum atomic E-state index is 14.7. The van der Waals surface area contributed by atoms with Crippen molar-refractivity contribution in [3.63, 3.8) is 0 Å². The van der Waals surface area contributed by atoms with Gasteiger partial charge in [-0.15, -0.1) is 0 Å². The molecule has 11 heteroatoms. The maximum absolute atomic E-state index is 14.7. The molecule has 2 aliphatic carbocycles. The first-order chi connectivity index (χ1) is 17.6. The Labute approximate surface area is 219 Å². The number of aromatic nitrogens is 1. The lowest BCUT2D eigenvalue weighted by atomic mass is 10.0. The fraction of sp³-hybridized carbons (Fsp3) is 0.500. The molecule has 5 rings (SSSR count). The molecule has 1 aromatic carbocycles. The number of nitrogens with one attached hydrogen (secondary N) is 1. The normalized spacial score (nSPS) is 22.6. The Morgan fingerprint density at radius 2 is 1.84 bits per heavy atom. The average Bonchev–Trinajstić information content (AvgIpc) is 3.81. The molecule has 1 aliphatic heterocycles. The molecule has 1 aromatic heterocycles. The van der Waals surface area contributed by atoms with Gasteiger partial charge >= 0.3 is 0 Å². The van der Waals surface area contributed by atoms with Gasteiger partial charge in [-0.05, 0) is 75.1 Å². The summed E-state index contributed by atoms with van der Waals surface area (Å²) < 4.78 is 54.2. The van der Waals surface area contributed by atoms with E-state index in [2.05, 4.69) is 10.3 Å². The van der Waals surface area contributed by atoms with Crippen LogP contribution in [0, 0.1) is 17.6 Å². The fourth-order valence-electron chi connectivity index (χ4n) is 5.15. The minimum absolute atomic E-state index is 0.0322. The molecular weight excluding hydrogens is 524 g/mol. The van der Waals surface area contributed by atoms with E-state index < -0.39 is 50.6 Å². The van der Waals surface area contributed by atoms with Crippen molar-refractivity contribution in [1.82, 2.24) is 15.2 Å². The molecule has 0 bridgehead atoms. The monoisotopic (exact) mass is 551 g/mol. The Morgan fingerprint density at radius 3 is 2.49 bits per heavy atom. The zero-order valence-corrected chi connectivity index (χ0v) is 21.9. The van der Waals surface area contributed by atoms with Crippen LogP contribution in [0.25, 0.3) is 0 Å². The van der Waals surface area contributed by atoms with E-state index in [1.807, 2.05) is 6.92 Å². The summed E-state index contributed by atoms with van der Waals surface area (Å²) in [5.41, 5.74) is 0.182. The van der Waals surface area contributed by atoms with Gasteiger partial charge in [0.05, 0.1) is 16.3 Å². The number of halogens is 3. The molecule has 1 N–H and O–H groups in total. The minimum atomic E-state index is -3.59. The Bertz CT molecular complexity index is 1350. The largest absolute Gasteiger partial charge is 0.347 e. The number of carbonyl (C=O) groups is 2. The van der Waals surface area contributed by atoms with Crippen LogP contribution in [0.2, 0.25) is 5.02 Å². The minimum Gasteiger partial charge on any atom is -0.347 e. The number of rotatable bonds is 8. The highest BCUT2D eigenvalue weighted by Crippen LogP contribution is 2.43. The van der Waals surface area contributed by atoms with E-state index in [9.17, 15) is 26.8 Å². The zero-order valence-electron chi connectivity index (χ0n) is 20.3. The Hall–Kier alpha value is -2.59. The molecule has 1 unspecified atom stereocenters. The summed E-state index contributed by atoms with van der Waals surface area (Å²) in [5.74, 6) is -2.41. The van der Waals surface area contributed by atoms with Crippen LogP contribution in [0.15, 0.2) is 35.5 Å². The predicted molar refractivity (Wildman–Crippen MR) is 133 cm³/mol. The van der Waals surface area contributed by atoms with Crippen LogP contribution < -0.4 is 5.32 Å². The van der Waals surface area contributed by atoms with Crippen LogP contribution in [0.1, 0.15) is 73.8 Å². The van der Waals surface area contributed by atoms with Gasteiger partial charge in [0, 0.05) is 23.4 Å². The van der Waals surface area contributed by atoms with Crippen LogP contribution in [0.5, 0.6) is 0 Å². The molecule has 2 amide bonds. The van der Waals surface area contributed by atoms with E-state index >= 15 is 0 Å². The van der Waals surface area contributed by atoms with Crippen molar-refractivity contribution in [3.05, 3.63) is 58.2 Å². The Morgan fingerprint density at radius 1 is 1.11 bits per heavy atom. The summed E-state index contributed by atoms with van der Waals surface area (Å²) in [6.45, 7) is 1.92. The smallest absolute Gasteiger partial charge is 0.254 e. The van der Waals surface area contributed by atoms with Crippen molar-refractivity contribution < 1.29 is 26.8 Å². The first kappa shape index (κ1) is 26.0. The molecule has 0 radical (unpaired) electrons. The van der Waals surface area contributed by atoms with E-state index in [-0.39, 0.29) is 33.1 Å². The standard InChI is InChI=1S/C26H28ClF2N3O4S/c1-2-16-5-8-22(25(33)31-24(14-3-4-14)18-12-21(29)19(27)13-20(18)28)32(16)26(34)15-9-10-30-23(11-15)37(35,36)17-6-7-17/h9-14,16-17,22,24H,2-8H2,1H3,(H,31,33)/t16-,22-,24?/m1/s1. The lowest BCUT2D eigenvalue weighted by Gasteiger charge is -2.31. The van der Waals surface area contributed by atoms with Crippen LogP contribution in [-0.2, 0) is 14.6 Å². The summed E-state index contributed by atoms with van der Waals surface area (Å²) in [4.78, 5) is 32.6. The number of hydrogen-bond acceptors (Lipinski definition) is 5. The summed E-state index contributed by atoms with van der Waals surface area (Å²) in [6.07, 6.45) is 5.58. The number of pyridine rings is 1. The van der Waals surface area contributed by atoms with Gasteiger partial charge < -0.3 is 10.2 Å². The van der Waals surface area contributed by atoms with Crippen LogP contribution in [-0.4, -0.2) is 47.4 Å². The van der Waals surface area contributed by atoms with Crippen molar-refractivity contribution in [2.75, 3.05) is 0 Å². The highest BCUT2D eigenvalue weighted by molar-refractivity contribution is 7.92. The van der Waals surface area contributed by atoms with E-state index in [4.69, 9.17) is 11.6 Å². The second-order valence-corrected chi connectivity index (χ2v) is 12.7. The van der Waals surface area contributed by atoms with Crippen LogP contribution in [0.3, 0.4) is 0 Å². The quantitative estimate of drug-likeness (QED) is 0.484. The van der Waals surface area contributed by atoms with E-state index in [0.29, 0.717) is 32.1 Å². The molecule has 3 fully saturated rings. The second-order valence-electron chi connectivity index (χ2n) is 10.1. The predicted octanol–water partition coefficient (Wildman–Crippen LogP) is 4.60. The third-order valence-electron chi connectivity index (χ3n) is 7.51. The molecule has 3 aliphatic rings. The number of nitrogens with zero attached hydrogens (tertiary/aromatic N) is 2. The van der Waals surface area contributed by atoms with Crippen molar-refractivity contribution in [2.24, 2.45) is 5.92 Å². The number of likely N-dealkylation sites (tertiary alicyclic amines) is 1. The number of carbonyl (C=O) groups excluding carboxylic acids is 2. The highest BCUT2D eigenvalue weighted by atomic mass is 35.5. The van der Waals surface area contributed by atoms with Crippen molar-refractivity contribution in [1.29, 1.82) is 0 Å². The lowest BCUT2D eigenvalue weighted by molar-refractivity contribution is -0.126. The van der Waals surface area contributed by atoms with Gasteiger partial charge in [0.15, 0.2) is 14.9 Å². The molecule has 2 saturated carbocycles. The van der Waals surface area contributed by atoms with Gasteiger partial charge in [0.25, 0.3) is 5.91 Å². The molecule has 0 spiro atoms. The van der Waals surface area contributed by atoms with Gasteiger partial charge in [-0.25, -0.2) is 22.2 Å². The first-order valence-corrected chi connectivity index (χ1v) is 14.5. The summed E-state index contributed by atoms with van der Waals surface area (Å²) in [7, 11) is -3.59. The highest BCUT2D eigenvalue weighted by Gasteiger charge is 2.44. The van der Waals surface area contributed by atoms with Crippen molar-refractivity contribution in [2.45, 2.75) is 80.3 Å². The number of sulfone groups is 1. The van der Waals surface area contributed by atoms with E-state index in [1.54, 1.807) is 0 Å². The van der Waals surface area contributed by atoms with Gasteiger partial charge in [-0.2, -0.15) is 0 Å². The number of benzene rings is 1.